The fourth-order valence-corrected chi connectivity index (χ4v) is 6.06. The number of nitrogens with zero attached hydrogens (tertiary/aromatic N) is 3. The number of benzene rings is 2. The normalized spacial score (nSPS) is 21.9. The predicted octanol–water partition coefficient (Wildman–Crippen LogP) is 5.90. The van der Waals surface area contributed by atoms with E-state index < -0.39 is 29.9 Å². The van der Waals surface area contributed by atoms with Crippen molar-refractivity contribution in [3.05, 3.63) is 59.2 Å². The van der Waals surface area contributed by atoms with Gasteiger partial charge in [-0.25, -0.2) is 9.59 Å². The van der Waals surface area contributed by atoms with E-state index in [1.54, 1.807) is 11.9 Å². The molecule has 42 heavy (non-hydrogen) atoms. The molecule has 3 aliphatic rings. The number of ether oxygens (including phenoxy) is 1. The number of para-hydroxylation sites is 1. The molecule has 0 unspecified atom stereocenters. The third-order valence-electron chi connectivity index (χ3n) is 8.44. The number of aliphatic imine (C=N–C) groups is 1. The molecular formula is C33H43N5O4. The lowest BCUT2D eigenvalue weighted by Crippen LogP contribution is -2.49. The molecule has 2 N–H and O–H groups in total. The van der Waals surface area contributed by atoms with Gasteiger partial charge < -0.3 is 20.3 Å². The number of amides is 4. The lowest BCUT2D eigenvalue weighted by Gasteiger charge is -2.33. The number of rotatable bonds is 3. The van der Waals surface area contributed by atoms with E-state index in [9.17, 15) is 14.4 Å². The van der Waals surface area contributed by atoms with Crippen LogP contribution in [0.1, 0.15) is 77.0 Å². The third-order valence-corrected chi connectivity index (χ3v) is 8.44. The summed E-state index contributed by atoms with van der Waals surface area (Å²) in [5.41, 5.74) is 4.61. The van der Waals surface area contributed by atoms with Crippen molar-refractivity contribution < 1.29 is 19.1 Å². The first-order chi connectivity index (χ1) is 19.8. The van der Waals surface area contributed by atoms with Crippen molar-refractivity contribution in [2.75, 3.05) is 23.8 Å². The molecule has 224 valence electrons. The Morgan fingerprint density at radius 3 is 2.55 bits per heavy atom. The molecule has 9 nitrogen and oxygen atoms in total. The summed E-state index contributed by atoms with van der Waals surface area (Å²) in [6.07, 6.45) is 3.89. The first-order valence-corrected chi connectivity index (χ1v) is 14.9. The highest BCUT2D eigenvalue weighted by molar-refractivity contribution is 6.15. The van der Waals surface area contributed by atoms with Crippen LogP contribution in [0.25, 0.3) is 0 Å². The van der Waals surface area contributed by atoms with Crippen LogP contribution in [0, 0.1) is 5.41 Å². The number of likely N-dealkylation sites (tertiary alicyclic amines) is 1. The van der Waals surface area contributed by atoms with Gasteiger partial charge in [-0.05, 0) is 94.0 Å². The number of anilines is 2. The second kappa shape index (κ2) is 11.4. The minimum atomic E-state index is -1.18. The van der Waals surface area contributed by atoms with E-state index >= 15 is 0 Å². The summed E-state index contributed by atoms with van der Waals surface area (Å²) in [6.45, 7) is 10.5. The number of likely N-dealkylation sites (N-methyl/N-ethyl adjacent to an activating group) is 1. The molecular weight excluding hydrogens is 530 g/mol. The Hall–Kier alpha value is -3.88. The SMILES string of the molecule is CN1C(=O)[C@H](NC(=O)Nc2ccc3c(c2)CCC3)N=C([C@H]2CCC(C)(C)CCN2C(=O)OC(C)(C)C)c2ccccc21. The second-order valence-corrected chi connectivity index (χ2v) is 13.4. The van der Waals surface area contributed by atoms with Gasteiger partial charge in [0.15, 0.2) is 0 Å². The molecule has 9 heteroatoms. The number of fused-ring (bicyclic) bond motifs is 2. The van der Waals surface area contributed by atoms with Gasteiger partial charge in [-0.1, -0.05) is 38.1 Å². The van der Waals surface area contributed by atoms with Crippen LogP contribution >= 0.6 is 0 Å². The van der Waals surface area contributed by atoms with Crippen LogP contribution in [-0.2, 0) is 22.4 Å². The Labute approximate surface area is 248 Å². The maximum Gasteiger partial charge on any atom is 0.410 e. The minimum absolute atomic E-state index is 0.0137. The summed E-state index contributed by atoms with van der Waals surface area (Å²) in [5, 5.41) is 5.70. The highest BCUT2D eigenvalue weighted by Gasteiger charge is 2.40. The zero-order chi connectivity index (χ0) is 30.2. The fourth-order valence-electron chi connectivity index (χ4n) is 6.06. The maximum absolute atomic E-state index is 13.7. The zero-order valence-electron chi connectivity index (χ0n) is 25.6. The molecule has 0 radical (unpaired) electrons. The Kier molecular flexibility index (Phi) is 8.05. The van der Waals surface area contributed by atoms with E-state index in [-0.39, 0.29) is 11.3 Å². The molecule has 5 rings (SSSR count). The van der Waals surface area contributed by atoms with Crippen molar-refractivity contribution in [2.45, 2.75) is 91.0 Å². The van der Waals surface area contributed by atoms with Crippen LogP contribution in [0.4, 0.5) is 21.0 Å². The molecule has 2 atom stereocenters. The number of hydrogen-bond acceptors (Lipinski definition) is 5. The smallest absolute Gasteiger partial charge is 0.410 e. The average Bonchev–Trinajstić information content (AvgIpc) is 3.28. The molecule has 0 bridgehead atoms. The highest BCUT2D eigenvalue weighted by Crippen LogP contribution is 2.36. The highest BCUT2D eigenvalue weighted by atomic mass is 16.6. The van der Waals surface area contributed by atoms with Gasteiger partial charge in [-0.3, -0.25) is 14.7 Å². The Morgan fingerprint density at radius 2 is 1.79 bits per heavy atom. The van der Waals surface area contributed by atoms with Crippen molar-refractivity contribution in [3.63, 3.8) is 0 Å². The van der Waals surface area contributed by atoms with Crippen LogP contribution in [0.2, 0.25) is 0 Å². The van der Waals surface area contributed by atoms with E-state index in [2.05, 4.69) is 24.5 Å². The van der Waals surface area contributed by atoms with E-state index in [4.69, 9.17) is 9.73 Å². The van der Waals surface area contributed by atoms with Gasteiger partial charge in [-0.15, -0.1) is 0 Å². The first-order valence-electron chi connectivity index (χ1n) is 14.9. The van der Waals surface area contributed by atoms with Crippen LogP contribution in [0.5, 0.6) is 0 Å². The van der Waals surface area contributed by atoms with Crippen LogP contribution in [0.15, 0.2) is 47.5 Å². The molecule has 0 aromatic heterocycles. The maximum atomic E-state index is 13.7. The van der Waals surface area contributed by atoms with Crippen molar-refractivity contribution in [3.8, 4) is 0 Å². The Balaban J connectivity index is 1.50. The number of carbonyl (C=O) groups is 3. The number of hydrogen-bond donors (Lipinski definition) is 2. The Morgan fingerprint density at radius 1 is 1.05 bits per heavy atom. The molecule has 1 fully saturated rings. The lowest BCUT2D eigenvalue weighted by molar-refractivity contribution is -0.119. The lowest BCUT2D eigenvalue weighted by atomic mass is 9.84. The van der Waals surface area contributed by atoms with Crippen LogP contribution < -0.4 is 15.5 Å². The molecule has 1 saturated heterocycles. The topological polar surface area (TPSA) is 103 Å². The third kappa shape index (κ3) is 6.45. The van der Waals surface area contributed by atoms with Gasteiger partial charge >= 0.3 is 12.1 Å². The van der Waals surface area contributed by atoms with Gasteiger partial charge in [0, 0.05) is 24.8 Å². The summed E-state index contributed by atoms with van der Waals surface area (Å²) >= 11 is 0. The van der Waals surface area contributed by atoms with Gasteiger partial charge in [-0.2, -0.15) is 0 Å². The molecule has 2 aromatic carbocycles. The average molecular weight is 574 g/mol. The number of benzodiazepines with no additional fused rings is 1. The largest absolute Gasteiger partial charge is 0.444 e. The summed E-state index contributed by atoms with van der Waals surface area (Å²) < 4.78 is 5.85. The molecule has 2 heterocycles. The van der Waals surface area contributed by atoms with Crippen molar-refractivity contribution >= 4 is 35.1 Å². The van der Waals surface area contributed by atoms with Crippen LogP contribution in [-0.4, -0.2) is 60.0 Å². The van der Waals surface area contributed by atoms with Gasteiger partial charge in [0.25, 0.3) is 5.91 Å². The predicted molar refractivity (Wildman–Crippen MR) is 165 cm³/mol. The fraction of sp³-hybridized carbons (Fsp3) is 0.515. The molecule has 2 aliphatic heterocycles. The number of carbonyl (C=O) groups excluding carboxylic acids is 3. The van der Waals surface area contributed by atoms with E-state index in [1.165, 1.54) is 16.0 Å². The van der Waals surface area contributed by atoms with Gasteiger partial charge in [0.2, 0.25) is 6.17 Å². The first kappa shape index (κ1) is 29.6. The van der Waals surface area contributed by atoms with E-state index in [0.29, 0.717) is 30.1 Å². The summed E-state index contributed by atoms with van der Waals surface area (Å²) in [4.78, 5) is 48.8. The summed E-state index contributed by atoms with van der Waals surface area (Å²) in [7, 11) is 1.69. The molecule has 4 amide bonds. The molecule has 1 aliphatic carbocycles. The van der Waals surface area contributed by atoms with Gasteiger partial charge in [0.1, 0.15) is 5.60 Å². The quantitative estimate of drug-likeness (QED) is 0.477. The van der Waals surface area contributed by atoms with Gasteiger partial charge in [0.05, 0.1) is 17.4 Å². The van der Waals surface area contributed by atoms with E-state index in [0.717, 1.165) is 37.7 Å². The van der Waals surface area contributed by atoms with E-state index in [1.807, 2.05) is 63.2 Å². The summed E-state index contributed by atoms with van der Waals surface area (Å²) in [5.74, 6) is -0.362. The van der Waals surface area contributed by atoms with Crippen molar-refractivity contribution in [1.29, 1.82) is 0 Å². The molecule has 2 aromatic rings. The summed E-state index contributed by atoms with van der Waals surface area (Å²) in [6, 6.07) is 12.6. The van der Waals surface area contributed by atoms with Crippen molar-refractivity contribution in [2.24, 2.45) is 10.4 Å². The number of aryl methyl sites for hydroxylation is 2. The number of nitrogens with one attached hydrogen (secondary N) is 2. The minimum Gasteiger partial charge on any atom is -0.444 e. The number of urea groups is 1. The van der Waals surface area contributed by atoms with Crippen LogP contribution in [0.3, 0.4) is 0 Å². The second-order valence-electron chi connectivity index (χ2n) is 13.4. The zero-order valence-corrected chi connectivity index (χ0v) is 25.6. The molecule has 0 saturated carbocycles. The van der Waals surface area contributed by atoms with Crippen molar-refractivity contribution in [1.82, 2.24) is 10.2 Å². The Bertz CT molecular complexity index is 1410. The monoisotopic (exact) mass is 573 g/mol. The standard InChI is InChI=1S/C33H43N5O4/c1-32(2,3)42-31(41)38-19-18-33(4,5)17-16-26(38)27-24-12-7-8-13-25(24)37(6)29(39)28(35-27)36-30(40)34-23-15-14-21-10-9-11-22(21)20-23/h7-8,12-15,20,26,28H,9-11,16-19H2,1-6H3,(H2,34,36,40)/t26-,28+/m1/s1. The molecule has 0 spiro atoms.